The molecular formula is C23H22ClN3O3. The van der Waals surface area contributed by atoms with E-state index < -0.39 is 12.0 Å². The second-order valence-corrected chi connectivity index (χ2v) is 7.35. The van der Waals surface area contributed by atoms with Crippen LogP contribution in [0.1, 0.15) is 29.8 Å². The molecule has 0 aliphatic carbocycles. The van der Waals surface area contributed by atoms with Crippen LogP contribution in [0.15, 0.2) is 66.9 Å². The average molecular weight is 424 g/mol. The Morgan fingerprint density at radius 1 is 1.10 bits per heavy atom. The summed E-state index contributed by atoms with van der Waals surface area (Å²) >= 11 is 6.55. The predicted octanol–water partition coefficient (Wildman–Crippen LogP) is 4.31. The predicted molar refractivity (Wildman–Crippen MR) is 115 cm³/mol. The number of para-hydroxylation sites is 1. The second kappa shape index (κ2) is 8.63. The van der Waals surface area contributed by atoms with Gasteiger partial charge < -0.3 is 19.5 Å². The average Bonchev–Trinajstić information content (AvgIpc) is 3.18. The number of ether oxygens (including phenoxy) is 1. The molecule has 0 spiro atoms. The Balaban J connectivity index is 1.79. The number of nitrogens with zero attached hydrogens (tertiary/aromatic N) is 2. The molecule has 1 atom stereocenters. The van der Waals surface area contributed by atoms with E-state index in [9.17, 15) is 9.59 Å². The van der Waals surface area contributed by atoms with E-state index in [1.54, 1.807) is 11.8 Å². The summed E-state index contributed by atoms with van der Waals surface area (Å²) in [4.78, 5) is 26.7. The van der Waals surface area contributed by atoms with E-state index in [4.69, 9.17) is 16.3 Å². The molecule has 154 valence electrons. The highest BCUT2D eigenvalue weighted by Gasteiger charge is 2.34. The minimum Gasteiger partial charge on any atom is -0.465 e. The van der Waals surface area contributed by atoms with E-state index in [0.29, 0.717) is 11.6 Å². The second-order valence-electron chi connectivity index (χ2n) is 6.95. The molecule has 6 nitrogen and oxygen atoms in total. The minimum absolute atomic E-state index is 0.193. The van der Waals surface area contributed by atoms with Gasteiger partial charge in [-0.3, -0.25) is 4.79 Å². The van der Waals surface area contributed by atoms with Crippen molar-refractivity contribution in [1.82, 2.24) is 14.8 Å². The maximum absolute atomic E-state index is 13.3. The summed E-state index contributed by atoms with van der Waals surface area (Å²) in [6, 6.07) is 18.6. The van der Waals surface area contributed by atoms with Crippen LogP contribution >= 0.6 is 11.6 Å². The molecular weight excluding hydrogens is 402 g/mol. The van der Waals surface area contributed by atoms with Gasteiger partial charge in [0.05, 0.1) is 24.5 Å². The molecule has 30 heavy (non-hydrogen) atoms. The van der Waals surface area contributed by atoms with Crippen LogP contribution in [0.3, 0.4) is 0 Å². The van der Waals surface area contributed by atoms with Gasteiger partial charge in [0.1, 0.15) is 12.6 Å². The number of nitrogens with one attached hydrogen (secondary N) is 1. The maximum atomic E-state index is 13.3. The van der Waals surface area contributed by atoms with Gasteiger partial charge >= 0.3 is 12.0 Å². The molecule has 1 aromatic heterocycles. The minimum atomic E-state index is -0.473. The molecule has 0 radical (unpaired) electrons. The lowest BCUT2D eigenvalue weighted by atomic mass is 10.0. The lowest BCUT2D eigenvalue weighted by Gasteiger charge is -2.31. The Labute approximate surface area is 180 Å². The van der Waals surface area contributed by atoms with Crippen LogP contribution in [0.5, 0.6) is 0 Å². The number of amides is 2. The molecule has 3 aromatic rings. The van der Waals surface area contributed by atoms with Gasteiger partial charge in [0, 0.05) is 11.2 Å². The summed E-state index contributed by atoms with van der Waals surface area (Å²) in [5, 5.41) is 3.27. The maximum Gasteiger partial charge on any atom is 0.325 e. The number of hydrogen-bond donors (Lipinski definition) is 1. The number of rotatable bonds is 4. The van der Waals surface area contributed by atoms with Crippen LogP contribution in [0.4, 0.5) is 4.79 Å². The van der Waals surface area contributed by atoms with Crippen molar-refractivity contribution >= 4 is 23.6 Å². The topological polar surface area (TPSA) is 63.6 Å². The van der Waals surface area contributed by atoms with Gasteiger partial charge in [-0.25, -0.2) is 4.79 Å². The monoisotopic (exact) mass is 423 g/mol. The lowest BCUT2D eigenvalue weighted by Crippen LogP contribution is -2.44. The van der Waals surface area contributed by atoms with Gasteiger partial charge in [0.25, 0.3) is 0 Å². The number of urea groups is 1. The highest BCUT2D eigenvalue weighted by Crippen LogP contribution is 2.38. The summed E-state index contributed by atoms with van der Waals surface area (Å²) in [5.41, 5.74) is 3.74. The number of carbonyl (C=O) groups excluding carboxylic acids is 2. The number of aromatic nitrogens is 1. The fourth-order valence-electron chi connectivity index (χ4n) is 3.82. The van der Waals surface area contributed by atoms with E-state index in [1.807, 2.05) is 66.9 Å². The van der Waals surface area contributed by atoms with Crippen LogP contribution in [-0.4, -0.2) is 34.6 Å². The Morgan fingerprint density at radius 2 is 1.87 bits per heavy atom. The van der Waals surface area contributed by atoms with Crippen molar-refractivity contribution in [2.45, 2.75) is 19.5 Å². The number of esters is 1. The first-order chi connectivity index (χ1) is 14.6. The fourth-order valence-corrected chi connectivity index (χ4v) is 4.06. The van der Waals surface area contributed by atoms with E-state index in [2.05, 4.69) is 9.88 Å². The van der Waals surface area contributed by atoms with Gasteiger partial charge in [-0.2, -0.15) is 0 Å². The molecule has 1 N–H and O–H groups in total. The summed E-state index contributed by atoms with van der Waals surface area (Å²) in [5.74, 6) is -0.473. The van der Waals surface area contributed by atoms with Crippen LogP contribution in [0, 0.1) is 0 Å². The van der Waals surface area contributed by atoms with Gasteiger partial charge in [-0.1, -0.05) is 48.0 Å². The van der Waals surface area contributed by atoms with Gasteiger partial charge in [-0.05, 0) is 42.3 Å². The summed E-state index contributed by atoms with van der Waals surface area (Å²) in [6.07, 6.45) is 1.98. The van der Waals surface area contributed by atoms with Crippen molar-refractivity contribution in [3.8, 4) is 5.69 Å². The molecule has 0 bridgehead atoms. The molecule has 7 heteroatoms. The smallest absolute Gasteiger partial charge is 0.325 e. The highest BCUT2D eigenvalue weighted by molar-refractivity contribution is 6.31. The van der Waals surface area contributed by atoms with Crippen molar-refractivity contribution in [3.05, 3.63) is 88.7 Å². The first-order valence-corrected chi connectivity index (χ1v) is 10.2. The molecule has 1 aliphatic rings. The first kappa shape index (κ1) is 20.0. The fraction of sp³-hybridized carbons (Fsp3) is 0.217. The quantitative estimate of drug-likeness (QED) is 0.636. The van der Waals surface area contributed by atoms with E-state index in [1.165, 1.54) is 0 Å². The molecule has 2 heterocycles. The van der Waals surface area contributed by atoms with E-state index in [-0.39, 0.29) is 19.2 Å². The molecule has 1 aliphatic heterocycles. The normalized spacial score (nSPS) is 15.0. The summed E-state index contributed by atoms with van der Waals surface area (Å²) < 4.78 is 7.02. The van der Waals surface area contributed by atoms with E-state index >= 15 is 0 Å². The highest BCUT2D eigenvalue weighted by atomic mass is 35.5. The van der Waals surface area contributed by atoms with Gasteiger partial charge in [-0.15, -0.1) is 0 Å². The zero-order valence-electron chi connectivity index (χ0n) is 16.5. The largest absolute Gasteiger partial charge is 0.465 e. The Bertz CT molecular complexity index is 1080. The Kier molecular flexibility index (Phi) is 5.77. The van der Waals surface area contributed by atoms with Crippen LogP contribution in [0.2, 0.25) is 5.02 Å². The molecule has 0 saturated heterocycles. The van der Waals surface area contributed by atoms with Gasteiger partial charge in [0.15, 0.2) is 0 Å². The molecule has 0 unspecified atom stereocenters. The SMILES string of the molecule is CCOC(=O)CNC(=O)N1Cc2ccccc2-n2cccc2[C@@H]1c1ccccc1Cl. The number of fused-ring (bicyclic) bond motifs is 3. The zero-order valence-corrected chi connectivity index (χ0v) is 17.3. The third-order valence-corrected chi connectivity index (χ3v) is 5.46. The van der Waals surface area contributed by atoms with E-state index in [0.717, 1.165) is 22.5 Å². The summed E-state index contributed by atoms with van der Waals surface area (Å²) in [6.45, 7) is 2.16. The third kappa shape index (κ3) is 3.78. The third-order valence-electron chi connectivity index (χ3n) is 5.11. The number of hydrogen-bond acceptors (Lipinski definition) is 3. The first-order valence-electron chi connectivity index (χ1n) is 9.80. The number of benzene rings is 2. The van der Waals surface area contributed by atoms with Crippen LogP contribution < -0.4 is 5.32 Å². The molecule has 0 saturated carbocycles. The number of carbonyl (C=O) groups is 2. The number of halogens is 1. The molecule has 4 rings (SSSR count). The van der Waals surface area contributed by atoms with Crippen molar-refractivity contribution in [2.24, 2.45) is 0 Å². The van der Waals surface area contributed by atoms with Crippen molar-refractivity contribution in [3.63, 3.8) is 0 Å². The Hall–Kier alpha value is -3.25. The summed E-state index contributed by atoms with van der Waals surface area (Å²) in [7, 11) is 0. The Morgan fingerprint density at radius 3 is 2.67 bits per heavy atom. The van der Waals surface area contributed by atoms with Crippen LogP contribution in [0.25, 0.3) is 5.69 Å². The molecule has 2 amide bonds. The zero-order chi connectivity index (χ0) is 21.1. The van der Waals surface area contributed by atoms with Crippen molar-refractivity contribution in [2.75, 3.05) is 13.2 Å². The van der Waals surface area contributed by atoms with Gasteiger partial charge in [0.2, 0.25) is 0 Å². The van der Waals surface area contributed by atoms with Crippen molar-refractivity contribution < 1.29 is 14.3 Å². The van der Waals surface area contributed by atoms with Crippen LogP contribution in [-0.2, 0) is 16.1 Å². The molecule has 0 fully saturated rings. The van der Waals surface area contributed by atoms with Crippen molar-refractivity contribution in [1.29, 1.82) is 0 Å². The molecule has 2 aromatic carbocycles. The standard InChI is InChI=1S/C23H22ClN3O3/c1-2-30-21(28)14-25-23(29)27-15-16-8-3-6-11-19(16)26-13-7-12-20(26)22(27)17-9-4-5-10-18(17)24/h3-13,22H,2,14-15H2,1H3,(H,25,29)/t22-/m0/s1. The lowest BCUT2D eigenvalue weighted by molar-refractivity contribution is -0.141.